The highest BCUT2D eigenvalue weighted by molar-refractivity contribution is 7.96. The minimum Gasteiger partial charge on any atom is -0.419 e. The second kappa shape index (κ2) is 10.3. The summed E-state index contributed by atoms with van der Waals surface area (Å²) >= 11 is 6.87. The molecule has 2 rings (SSSR count). The van der Waals surface area contributed by atoms with Crippen LogP contribution in [0.4, 0.5) is 9.59 Å². The third-order valence-electron chi connectivity index (χ3n) is 2.58. The van der Waals surface area contributed by atoms with Crippen LogP contribution in [0.15, 0.2) is 34.7 Å². The van der Waals surface area contributed by atoms with E-state index in [1.165, 1.54) is 4.90 Å². The maximum atomic E-state index is 11.3. The highest BCUT2D eigenvalue weighted by Crippen LogP contribution is 2.18. The summed E-state index contributed by atoms with van der Waals surface area (Å²) in [5, 5.41) is 15.3. The lowest BCUT2D eigenvalue weighted by atomic mass is 10.2. The molecule has 0 unspecified atom stereocenters. The molecule has 0 fully saturated rings. The van der Waals surface area contributed by atoms with Crippen LogP contribution in [0, 0.1) is 11.3 Å². The molecule has 0 aliphatic rings. The normalized spacial score (nSPS) is 9.38. The minimum atomic E-state index is -0.639. The minimum absolute atomic E-state index is 0.143. The van der Waals surface area contributed by atoms with Crippen LogP contribution in [-0.2, 0) is 6.54 Å². The van der Waals surface area contributed by atoms with E-state index in [9.17, 15) is 4.79 Å². The maximum Gasteiger partial charge on any atom is 0.279 e. The third-order valence-corrected chi connectivity index (χ3v) is 2.86. The second-order valence-electron chi connectivity index (χ2n) is 4.32. The van der Waals surface area contributed by atoms with Crippen LogP contribution >= 0.6 is 25.3 Å². The number of nitrogens with two attached hydrogens (primary N) is 1. The molecule has 2 amide bonds. The van der Waals surface area contributed by atoms with Gasteiger partial charge >= 0.3 is 0 Å². The predicted octanol–water partition coefficient (Wildman–Crippen LogP) is 2.50. The van der Waals surface area contributed by atoms with Gasteiger partial charge in [-0.3, -0.25) is 9.59 Å². The SMILES string of the molecule is N#CCCN(Cc1nnc(-c2ccccc2)o1)C(=O)S.NC(=O)S. The quantitative estimate of drug-likeness (QED) is 0.699. The van der Waals surface area contributed by atoms with E-state index < -0.39 is 10.5 Å². The van der Waals surface area contributed by atoms with Crippen molar-refractivity contribution in [2.24, 2.45) is 5.73 Å². The van der Waals surface area contributed by atoms with Crippen molar-refractivity contribution in [3.8, 4) is 17.5 Å². The maximum absolute atomic E-state index is 11.3. The van der Waals surface area contributed by atoms with Crippen LogP contribution in [-0.4, -0.2) is 32.1 Å². The number of hydrogen-bond acceptors (Lipinski definition) is 6. The van der Waals surface area contributed by atoms with Crippen molar-refractivity contribution in [3.63, 3.8) is 0 Å². The first kappa shape index (κ1) is 19.5. The number of rotatable bonds is 5. The number of aromatic nitrogens is 2. The van der Waals surface area contributed by atoms with Crippen molar-refractivity contribution < 1.29 is 14.0 Å². The van der Waals surface area contributed by atoms with Gasteiger partial charge < -0.3 is 15.1 Å². The standard InChI is InChI=1S/C13H12N4O2S.CH3NOS/c14-7-4-8-17(13(18)20)9-11-15-16-12(19-11)10-5-2-1-3-6-10;2-1(3)4/h1-3,5-6H,4,8-9H2,(H,18,20);(H3,2,3,4). The molecule has 1 aromatic carbocycles. The Morgan fingerprint density at radius 1 is 1.25 bits per heavy atom. The number of carbonyl (C=O) groups is 2. The summed E-state index contributed by atoms with van der Waals surface area (Å²) in [7, 11) is 0. The van der Waals surface area contributed by atoms with Gasteiger partial charge in [-0.25, -0.2) is 0 Å². The molecule has 1 heterocycles. The van der Waals surface area contributed by atoms with Crippen molar-refractivity contribution in [2.75, 3.05) is 6.54 Å². The van der Waals surface area contributed by atoms with E-state index >= 15 is 0 Å². The Kier molecular flexibility index (Phi) is 8.38. The fraction of sp³-hybridized carbons (Fsp3) is 0.214. The van der Waals surface area contributed by atoms with Crippen molar-refractivity contribution in [3.05, 3.63) is 36.2 Å². The molecule has 2 N–H and O–H groups in total. The van der Waals surface area contributed by atoms with Gasteiger partial charge in [0, 0.05) is 12.1 Å². The van der Waals surface area contributed by atoms with Gasteiger partial charge in [0.1, 0.15) is 0 Å². The molecule has 0 atom stereocenters. The number of carbonyl (C=O) groups excluding carboxylic acids is 2. The molecule has 0 bridgehead atoms. The molecule has 10 heteroatoms. The van der Waals surface area contributed by atoms with Crippen LogP contribution in [0.2, 0.25) is 0 Å². The Hall–Kier alpha value is -2.51. The van der Waals surface area contributed by atoms with E-state index in [0.717, 1.165) is 5.56 Å². The van der Waals surface area contributed by atoms with E-state index in [-0.39, 0.29) is 19.5 Å². The molecule has 1 aromatic heterocycles. The summed E-state index contributed by atoms with van der Waals surface area (Å²) in [6.07, 6.45) is 0.228. The molecule has 0 aliphatic heterocycles. The van der Waals surface area contributed by atoms with Crippen LogP contribution in [0.5, 0.6) is 0 Å². The summed E-state index contributed by atoms with van der Waals surface area (Å²) in [5.74, 6) is 0.705. The van der Waals surface area contributed by atoms with E-state index in [2.05, 4.69) is 41.2 Å². The molecule has 24 heavy (non-hydrogen) atoms. The molecule has 0 saturated carbocycles. The monoisotopic (exact) mass is 365 g/mol. The molecular weight excluding hydrogens is 350 g/mol. The first-order valence-corrected chi connectivity index (χ1v) is 7.54. The first-order valence-electron chi connectivity index (χ1n) is 6.65. The van der Waals surface area contributed by atoms with E-state index in [1.54, 1.807) is 0 Å². The molecule has 0 saturated heterocycles. The smallest absolute Gasteiger partial charge is 0.279 e. The molecule has 2 aromatic rings. The van der Waals surface area contributed by atoms with Gasteiger partial charge in [-0.15, -0.1) is 10.2 Å². The lowest BCUT2D eigenvalue weighted by molar-refractivity contribution is 0.216. The van der Waals surface area contributed by atoms with Gasteiger partial charge in [-0.1, -0.05) is 43.5 Å². The van der Waals surface area contributed by atoms with Crippen molar-refractivity contribution >= 4 is 35.7 Å². The summed E-state index contributed by atoms with van der Waals surface area (Å²) in [6, 6.07) is 11.3. The Morgan fingerprint density at radius 2 is 1.88 bits per heavy atom. The van der Waals surface area contributed by atoms with Gasteiger partial charge in [0.05, 0.1) is 19.0 Å². The second-order valence-corrected chi connectivity index (χ2v) is 5.14. The Labute approximate surface area is 149 Å². The van der Waals surface area contributed by atoms with Gasteiger partial charge in [-0.05, 0) is 12.1 Å². The zero-order valence-corrected chi connectivity index (χ0v) is 14.3. The molecule has 8 nitrogen and oxygen atoms in total. The number of amides is 2. The van der Waals surface area contributed by atoms with Crippen LogP contribution in [0.1, 0.15) is 12.3 Å². The molecule has 0 aliphatic carbocycles. The largest absolute Gasteiger partial charge is 0.419 e. The number of nitrogens with zero attached hydrogens (tertiary/aromatic N) is 4. The Balaban J connectivity index is 0.000000648. The molecule has 126 valence electrons. The van der Waals surface area contributed by atoms with Crippen molar-refractivity contribution in [1.29, 1.82) is 5.26 Å². The van der Waals surface area contributed by atoms with Gasteiger partial charge in [0.25, 0.3) is 10.5 Å². The van der Waals surface area contributed by atoms with Crippen LogP contribution < -0.4 is 5.73 Å². The average Bonchev–Trinajstić information content (AvgIpc) is 3.00. The highest BCUT2D eigenvalue weighted by Gasteiger charge is 2.15. The Bertz CT molecular complexity index is 711. The zero-order chi connectivity index (χ0) is 17.9. The van der Waals surface area contributed by atoms with Crippen LogP contribution in [0.25, 0.3) is 11.5 Å². The van der Waals surface area contributed by atoms with Crippen molar-refractivity contribution in [1.82, 2.24) is 15.1 Å². The molecular formula is C14H15N5O3S2. The summed E-state index contributed by atoms with van der Waals surface area (Å²) in [4.78, 5) is 21.8. The fourth-order valence-electron chi connectivity index (χ4n) is 1.61. The third kappa shape index (κ3) is 7.17. The zero-order valence-electron chi connectivity index (χ0n) is 12.5. The van der Waals surface area contributed by atoms with Crippen molar-refractivity contribution in [2.45, 2.75) is 13.0 Å². The topological polar surface area (TPSA) is 126 Å². The van der Waals surface area contributed by atoms with E-state index in [4.69, 9.17) is 14.5 Å². The lowest BCUT2D eigenvalue weighted by Crippen LogP contribution is -2.26. The van der Waals surface area contributed by atoms with E-state index in [0.29, 0.717) is 11.8 Å². The fourth-order valence-corrected chi connectivity index (χ4v) is 1.78. The number of benzene rings is 1. The van der Waals surface area contributed by atoms with Gasteiger partial charge in [-0.2, -0.15) is 5.26 Å². The predicted molar refractivity (Wildman–Crippen MR) is 93.3 cm³/mol. The first-order chi connectivity index (χ1) is 11.4. The van der Waals surface area contributed by atoms with Crippen LogP contribution in [0.3, 0.4) is 0 Å². The van der Waals surface area contributed by atoms with Gasteiger partial charge in [0.15, 0.2) is 0 Å². The van der Waals surface area contributed by atoms with E-state index in [1.807, 2.05) is 36.4 Å². The number of primary amides is 1. The number of thiol groups is 2. The summed E-state index contributed by atoms with van der Waals surface area (Å²) in [6.45, 7) is 0.422. The number of nitriles is 1. The lowest BCUT2D eigenvalue weighted by Gasteiger charge is -2.15. The Morgan fingerprint density at radius 3 is 2.42 bits per heavy atom. The average molecular weight is 365 g/mol. The molecule has 0 spiro atoms. The highest BCUT2D eigenvalue weighted by atomic mass is 32.1. The summed E-state index contributed by atoms with van der Waals surface area (Å²) in [5.41, 5.74) is 5.15. The molecule has 0 radical (unpaired) electrons. The summed E-state index contributed by atoms with van der Waals surface area (Å²) < 4.78 is 5.50. The van der Waals surface area contributed by atoms with Gasteiger partial charge in [0.2, 0.25) is 11.8 Å². The number of hydrogen-bond donors (Lipinski definition) is 3.